The van der Waals surface area contributed by atoms with E-state index in [0.717, 1.165) is 33.2 Å². The van der Waals surface area contributed by atoms with Gasteiger partial charge in [0, 0.05) is 17.6 Å². The molecule has 4 rings (SSSR count). The van der Waals surface area contributed by atoms with E-state index in [4.69, 9.17) is 18.9 Å². The molecule has 0 radical (unpaired) electrons. The summed E-state index contributed by atoms with van der Waals surface area (Å²) < 4.78 is 22.2. The van der Waals surface area contributed by atoms with Gasteiger partial charge in [0.25, 0.3) is 0 Å². The third-order valence-electron chi connectivity index (χ3n) is 4.45. The molecule has 0 spiro atoms. The Morgan fingerprint density at radius 3 is 2.00 bits per heavy atom. The Labute approximate surface area is 157 Å². The van der Waals surface area contributed by atoms with Crippen molar-refractivity contribution in [2.75, 3.05) is 21.3 Å². The van der Waals surface area contributed by atoms with Crippen molar-refractivity contribution in [2.45, 2.75) is 0 Å². The normalized spacial score (nSPS) is 10.8. The number of hydrogen-bond acceptors (Lipinski definition) is 5. The van der Waals surface area contributed by atoms with Crippen LogP contribution in [0.4, 0.5) is 0 Å². The fourth-order valence-corrected chi connectivity index (χ4v) is 3.06. The summed E-state index contributed by atoms with van der Waals surface area (Å²) in [4.78, 5) is 4.41. The minimum Gasteiger partial charge on any atom is -0.497 e. The molecule has 0 N–H and O–H groups in total. The maximum Gasteiger partial charge on any atom is 0.162 e. The molecule has 5 heteroatoms. The lowest BCUT2D eigenvalue weighted by Gasteiger charge is -2.13. The lowest BCUT2D eigenvalue weighted by atomic mass is 10.1. The van der Waals surface area contributed by atoms with Gasteiger partial charge < -0.3 is 18.9 Å². The first kappa shape index (κ1) is 17.0. The molecule has 0 amide bonds. The average molecular weight is 361 g/mol. The van der Waals surface area contributed by atoms with Gasteiger partial charge in [0.2, 0.25) is 0 Å². The molecule has 0 saturated carbocycles. The smallest absolute Gasteiger partial charge is 0.162 e. The van der Waals surface area contributed by atoms with Crippen LogP contribution in [-0.2, 0) is 0 Å². The molecule has 0 atom stereocenters. The molecule has 0 bridgehead atoms. The largest absolute Gasteiger partial charge is 0.497 e. The number of ether oxygens (including phenoxy) is 4. The zero-order chi connectivity index (χ0) is 18.8. The van der Waals surface area contributed by atoms with Crippen LogP contribution in [0.2, 0.25) is 0 Å². The van der Waals surface area contributed by atoms with Gasteiger partial charge in [0.15, 0.2) is 11.5 Å². The van der Waals surface area contributed by atoms with Crippen molar-refractivity contribution in [3.05, 3.63) is 60.8 Å². The predicted octanol–water partition coefficient (Wildman–Crippen LogP) is 5.21. The van der Waals surface area contributed by atoms with Crippen molar-refractivity contribution in [1.82, 2.24) is 4.98 Å². The fraction of sp³-hybridized carbons (Fsp3) is 0.136. The van der Waals surface area contributed by atoms with Gasteiger partial charge in [-0.2, -0.15) is 0 Å². The van der Waals surface area contributed by atoms with Crippen LogP contribution in [0.25, 0.3) is 21.7 Å². The van der Waals surface area contributed by atoms with E-state index in [1.54, 1.807) is 27.5 Å². The highest BCUT2D eigenvalue weighted by atomic mass is 16.5. The molecule has 1 heterocycles. The van der Waals surface area contributed by atoms with E-state index in [1.165, 1.54) is 0 Å². The quantitative estimate of drug-likeness (QED) is 0.489. The molecule has 0 aliphatic heterocycles. The minimum atomic E-state index is 0.633. The van der Waals surface area contributed by atoms with Crippen LogP contribution >= 0.6 is 0 Å². The Bertz CT molecular complexity index is 1120. The van der Waals surface area contributed by atoms with Gasteiger partial charge in [-0.05, 0) is 47.2 Å². The van der Waals surface area contributed by atoms with Crippen LogP contribution < -0.4 is 18.9 Å². The molecule has 0 unspecified atom stereocenters. The van der Waals surface area contributed by atoms with Gasteiger partial charge in [-0.3, -0.25) is 4.98 Å². The highest BCUT2D eigenvalue weighted by Gasteiger charge is 2.11. The minimum absolute atomic E-state index is 0.633. The molecule has 0 fully saturated rings. The number of fused-ring (bicyclic) bond motifs is 2. The molecule has 1 aromatic heterocycles. The lowest BCUT2D eigenvalue weighted by molar-refractivity contribution is 0.355. The van der Waals surface area contributed by atoms with Crippen LogP contribution in [0.3, 0.4) is 0 Å². The molecular weight excluding hydrogens is 342 g/mol. The first-order valence-electron chi connectivity index (χ1n) is 8.48. The molecule has 27 heavy (non-hydrogen) atoms. The van der Waals surface area contributed by atoms with E-state index in [2.05, 4.69) is 4.98 Å². The topological polar surface area (TPSA) is 49.8 Å². The Balaban J connectivity index is 1.75. The number of nitrogens with zero attached hydrogens (tertiary/aromatic N) is 1. The summed E-state index contributed by atoms with van der Waals surface area (Å²) in [5, 5.41) is 3.02. The van der Waals surface area contributed by atoms with Crippen molar-refractivity contribution in [2.24, 2.45) is 0 Å². The van der Waals surface area contributed by atoms with Crippen molar-refractivity contribution in [1.29, 1.82) is 0 Å². The van der Waals surface area contributed by atoms with Crippen LogP contribution in [0.5, 0.6) is 28.7 Å². The lowest BCUT2D eigenvalue weighted by Crippen LogP contribution is -1.93. The van der Waals surface area contributed by atoms with E-state index in [-0.39, 0.29) is 0 Å². The van der Waals surface area contributed by atoms with Crippen LogP contribution in [0.1, 0.15) is 0 Å². The van der Waals surface area contributed by atoms with Crippen LogP contribution in [-0.4, -0.2) is 26.3 Å². The highest BCUT2D eigenvalue weighted by Crippen LogP contribution is 2.37. The summed E-state index contributed by atoms with van der Waals surface area (Å²) in [5.41, 5.74) is 0.774. The highest BCUT2D eigenvalue weighted by molar-refractivity contribution is 5.89. The van der Waals surface area contributed by atoms with Gasteiger partial charge in [0.1, 0.15) is 17.2 Å². The van der Waals surface area contributed by atoms with Gasteiger partial charge in [-0.25, -0.2) is 0 Å². The van der Waals surface area contributed by atoms with Crippen molar-refractivity contribution in [3.8, 4) is 28.7 Å². The molecular formula is C22H19NO4. The maximum atomic E-state index is 6.16. The summed E-state index contributed by atoms with van der Waals surface area (Å²) in [5.74, 6) is 3.55. The van der Waals surface area contributed by atoms with Crippen LogP contribution in [0.15, 0.2) is 60.8 Å². The first-order chi connectivity index (χ1) is 13.2. The Hall–Kier alpha value is -3.47. The van der Waals surface area contributed by atoms with Gasteiger partial charge in [0.05, 0.1) is 26.8 Å². The van der Waals surface area contributed by atoms with Crippen molar-refractivity contribution in [3.63, 3.8) is 0 Å². The number of aromatic nitrogens is 1. The number of methoxy groups -OCH3 is 3. The number of rotatable bonds is 5. The van der Waals surface area contributed by atoms with E-state index in [0.29, 0.717) is 17.2 Å². The van der Waals surface area contributed by atoms with Gasteiger partial charge in [-0.1, -0.05) is 12.1 Å². The van der Waals surface area contributed by atoms with E-state index in [9.17, 15) is 0 Å². The van der Waals surface area contributed by atoms with E-state index in [1.807, 2.05) is 54.6 Å². The fourth-order valence-electron chi connectivity index (χ4n) is 3.06. The SMILES string of the molecule is COc1ccc2cc(Oc3ccnc4cc(OC)c(OC)cc34)ccc2c1. The number of pyridine rings is 1. The average Bonchev–Trinajstić information content (AvgIpc) is 2.72. The number of benzene rings is 3. The Kier molecular flexibility index (Phi) is 4.42. The maximum absolute atomic E-state index is 6.16. The zero-order valence-electron chi connectivity index (χ0n) is 15.4. The molecule has 5 nitrogen and oxygen atoms in total. The summed E-state index contributed by atoms with van der Waals surface area (Å²) in [6.45, 7) is 0. The standard InChI is InChI=1S/C22H19NO4/c1-24-16-6-4-15-11-17(7-5-14(15)10-16)27-20-8-9-23-19-13-22(26-3)21(25-2)12-18(19)20/h4-13H,1-3H3. The summed E-state index contributed by atoms with van der Waals surface area (Å²) in [6.07, 6.45) is 1.72. The number of hydrogen-bond donors (Lipinski definition) is 0. The summed E-state index contributed by atoms with van der Waals surface area (Å²) >= 11 is 0. The summed E-state index contributed by atoms with van der Waals surface area (Å²) in [6, 6.07) is 17.5. The molecule has 0 aliphatic rings. The second-order valence-corrected chi connectivity index (χ2v) is 6.01. The van der Waals surface area contributed by atoms with Crippen molar-refractivity contribution >= 4 is 21.7 Å². The second kappa shape index (κ2) is 7.03. The van der Waals surface area contributed by atoms with Crippen molar-refractivity contribution < 1.29 is 18.9 Å². The Morgan fingerprint density at radius 2 is 1.30 bits per heavy atom. The third-order valence-corrected chi connectivity index (χ3v) is 4.45. The molecule has 136 valence electrons. The Morgan fingerprint density at radius 1 is 0.630 bits per heavy atom. The van der Waals surface area contributed by atoms with Gasteiger partial charge >= 0.3 is 0 Å². The summed E-state index contributed by atoms with van der Waals surface area (Å²) in [7, 11) is 4.88. The van der Waals surface area contributed by atoms with Crippen LogP contribution in [0, 0.1) is 0 Å². The molecule has 0 aliphatic carbocycles. The van der Waals surface area contributed by atoms with E-state index >= 15 is 0 Å². The monoisotopic (exact) mass is 361 g/mol. The van der Waals surface area contributed by atoms with Gasteiger partial charge in [-0.15, -0.1) is 0 Å². The molecule has 4 aromatic rings. The zero-order valence-corrected chi connectivity index (χ0v) is 15.4. The second-order valence-electron chi connectivity index (χ2n) is 6.01. The predicted molar refractivity (Wildman–Crippen MR) is 105 cm³/mol. The van der Waals surface area contributed by atoms with E-state index < -0.39 is 0 Å². The first-order valence-corrected chi connectivity index (χ1v) is 8.48. The molecule has 3 aromatic carbocycles. The third kappa shape index (κ3) is 3.19. The molecule has 0 saturated heterocycles.